The average Bonchev–Trinajstić information content (AvgIpc) is 3.00. The van der Waals surface area contributed by atoms with Gasteiger partial charge in [-0.15, -0.1) is 0 Å². The highest BCUT2D eigenvalue weighted by molar-refractivity contribution is 6.02. The standard InChI is InChI=1S/C17H13FO4/c18-13-4-2-1-3-12(13)15(20)7-6-14(19)11-5-8-16-17(9-11)22-10-21-16/h1-5,8-9H,6-7,10H2. The molecule has 3 rings (SSSR count). The molecule has 2 aromatic carbocycles. The van der Waals surface area contributed by atoms with Gasteiger partial charge in [-0.25, -0.2) is 4.39 Å². The minimum Gasteiger partial charge on any atom is -0.454 e. The average molecular weight is 300 g/mol. The van der Waals surface area contributed by atoms with Gasteiger partial charge in [-0.1, -0.05) is 12.1 Å². The first-order valence-corrected chi connectivity index (χ1v) is 6.86. The molecule has 22 heavy (non-hydrogen) atoms. The van der Waals surface area contributed by atoms with Crippen LogP contribution in [0.1, 0.15) is 33.6 Å². The fourth-order valence-corrected chi connectivity index (χ4v) is 2.26. The Kier molecular flexibility index (Phi) is 3.87. The summed E-state index contributed by atoms with van der Waals surface area (Å²) in [7, 11) is 0. The van der Waals surface area contributed by atoms with Gasteiger partial charge in [-0.05, 0) is 30.3 Å². The number of hydrogen-bond acceptors (Lipinski definition) is 4. The number of halogens is 1. The van der Waals surface area contributed by atoms with Gasteiger partial charge in [0.15, 0.2) is 23.1 Å². The summed E-state index contributed by atoms with van der Waals surface area (Å²) in [5, 5.41) is 0. The zero-order chi connectivity index (χ0) is 15.5. The van der Waals surface area contributed by atoms with Crippen LogP contribution >= 0.6 is 0 Å². The van der Waals surface area contributed by atoms with E-state index in [1.807, 2.05) is 0 Å². The van der Waals surface area contributed by atoms with E-state index in [1.165, 1.54) is 18.2 Å². The van der Waals surface area contributed by atoms with Gasteiger partial charge in [0, 0.05) is 18.4 Å². The molecule has 4 nitrogen and oxygen atoms in total. The van der Waals surface area contributed by atoms with Gasteiger partial charge in [0.2, 0.25) is 6.79 Å². The van der Waals surface area contributed by atoms with E-state index in [4.69, 9.17) is 9.47 Å². The van der Waals surface area contributed by atoms with E-state index in [0.717, 1.165) is 0 Å². The zero-order valence-corrected chi connectivity index (χ0v) is 11.7. The second kappa shape index (κ2) is 5.97. The number of carbonyl (C=O) groups is 2. The molecule has 0 atom stereocenters. The molecule has 0 unspecified atom stereocenters. The fourth-order valence-electron chi connectivity index (χ4n) is 2.26. The lowest BCUT2D eigenvalue weighted by Gasteiger charge is -2.04. The Morgan fingerprint density at radius 3 is 2.50 bits per heavy atom. The third-order valence-corrected chi connectivity index (χ3v) is 3.45. The number of ketones is 2. The molecule has 0 aliphatic carbocycles. The number of ether oxygens (including phenoxy) is 2. The van der Waals surface area contributed by atoms with Crippen molar-refractivity contribution >= 4 is 11.6 Å². The summed E-state index contributed by atoms with van der Waals surface area (Å²) in [5.74, 6) is -0.0246. The van der Waals surface area contributed by atoms with Crippen LogP contribution in [0, 0.1) is 5.82 Å². The van der Waals surface area contributed by atoms with Crippen molar-refractivity contribution in [3.05, 3.63) is 59.4 Å². The summed E-state index contributed by atoms with van der Waals surface area (Å²) in [5.41, 5.74) is 0.464. The second-order valence-corrected chi connectivity index (χ2v) is 4.89. The summed E-state index contributed by atoms with van der Waals surface area (Å²) >= 11 is 0. The highest BCUT2D eigenvalue weighted by Gasteiger charge is 2.18. The van der Waals surface area contributed by atoms with Gasteiger partial charge in [-0.3, -0.25) is 9.59 Å². The van der Waals surface area contributed by atoms with Gasteiger partial charge in [0.05, 0.1) is 5.56 Å². The number of carbonyl (C=O) groups excluding carboxylic acids is 2. The van der Waals surface area contributed by atoms with Crippen molar-refractivity contribution in [2.45, 2.75) is 12.8 Å². The molecule has 0 saturated carbocycles. The van der Waals surface area contributed by atoms with Crippen LogP contribution in [0.25, 0.3) is 0 Å². The summed E-state index contributed by atoms with van der Waals surface area (Å²) in [6, 6.07) is 10.6. The van der Waals surface area contributed by atoms with E-state index in [0.29, 0.717) is 17.1 Å². The van der Waals surface area contributed by atoms with Crippen LogP contribution in [-0.4, -0.2) is 18.4 Å². The first-order chi connectivity index (χ1) is 10.6. The van der Waals surface area contributed by atoms with E-state index >= 15 is 0 Å². The number of Topliss-reactive ketones (excluding diaryl/α,β-unsaturated/α-hetero) is 2. The molecule has 0 spiro atoms. The summed E-state index contributed by atoms with van der Waals surface area (Å²) in [6.45, 7) is 0.138. The van der Waals surface area contributed by atoms with Crippen molar-refractivity contribution in [3.63, 3.8) is 0 Å². The van der Waals surface area contributed by atoms with Crippen molar-refractivity contribution in [2.24, 2.45) is 0 Å². The van der Waals surface area contributed by atoms with Crippen molar-refractivity contribution in [2.75, 3.05) is 6.79 Å². The molecule has 2 aromatic rings. The third-order valence-electron chi connectivity index (χ3n) is 3.45. The minimum absolute atomic E-state index is 0.0148. The summed E-state index contributed by atoms with van der Waals surface area (Å²) in [6.07, 6.45) is -0.0129. The number of rotatable bonds is 5. The lowest BCUT2D eigenvalue weighted by Crippen LogP contribution is -2.07. The predicted octanol–water partition coefficient (Wildman–Crippen LogP) is 3.40. The number of fused-ring (bicyclic) bond motifs is 1. The maximum absolute atomic E-state index is 13.5. The SMILES string of the molecule is O=C(CCC(=O)c1ccccc1F)c1ccc2c(c1)OCO2. The van der Waals surface area contributed by atoms with E-state index in [2.05, 4.69) is 0 Å². The molecule has 1 aliphatic rings. The third kappa shape index (κ3) is 2.83. The Bertz CT molecular complexity index is 739. The van der Waals surface area contributed by atoms with Crippen molar-refractivity contribution in [1.82, 2.24) is 0 Å². The smallest absolute Gasteiger partial charge is 0.231 e. The lowest BCUT2D eigenvalue weighted by atomic mass is 10.0. The molecule has 1 aliphatic heterocycles. The molecular formula is C17H13FO4. The Hall–Kier alpha value is -2.69. The van der Waals surface area contributed by atoms with Crippen LogP contribution in [0.5, 0.6) is 11.5 Å². The Labute approximate surface area is 126 Å². The summed E-state index contributed by atoms with van der Waals surface area (Å²) < 4.78 is 23.9. The molecule has 0 bridgehead atoms. The highest BCUT2D eigenvalue weighted by atomic mass is 19.1. The quantitative estimate of drug-likeness (QED) is 0.794. The second-order valence-electron chi connectivity index (χ2n) is 4.89. The highest BCUT2D eigenvalue weighted by Crippen LogP contribution is 2.32. The number of benzene rings is 2. The van der Waals surface area contributed by atoms with Crippen LogP contribution in [-0.2, 0) is 0 Å². The van der Waals surface area contributed by atoms with Gasteiger partial charge < -0.3 is 9.47 Å². The first kappa shape index (κ1) is 14.3. The zero-order valence-electron chi connectivity index (χ0n) is 11.7. The molecule has 0 amide bonds. The maximum atomic E-state index is 13.5. The molecule has 0 radical (unpaired) electrons. The number of hydrogen-bond donors (Lipinski definition) is 0. The van der Waals surface area contributed by atoms with Crippen molar-refractivity contribution in [3.8, 4) is 11.5 Å². The van der Waals surface area contributed by atoms with Gasteiger partial charge in [0.25, 0.3) is 0 Å². The van der Waals surface area contributed by atoms with Gasteiger partial charge in [0.1, 0.15) is 5.82 Å². The van der Waals surface area contributed by atoms with Crippen LogP contribution in [0.2, 0.25) is 0 Å². The molecule has 112 valence electrons. The van der Waals surface area contributed by atoms with E-state index in [-0.39, 0.29) is 36.8 Å². The van der Waals surface area contributed by atoms with Gasteiger partial charge >= 0.3 is 0 Å². The molecule has 0 aromatic heterocycles. The Morgan fingerprint density at radius 2 is 1.68 bits per heavy atom. The van der Waals surface area contributed by atoms with E-state index < -0.39 is 5.82 Å². The molecule has 0 fully saturated rings. The lowest BCUT2D eigenvalue weighted by molar-refractivity contribution is 0.0915. The largest absolute Gasteiger partial charge is 0.454 e. The van der Waals surface area contributed by atoms with Crippen molar-refractivity contribution < 1.29 is 23.5 Å². The maximum Gasteiger partial charge on any atom is 0.231 e. The Morgan fingerprint density at radius 1 is 0.955 bits per heavy atom. The van der Waals surface area contributed by atoms with Crippen LogP contribution in [0.15, 0.2) is 42.5 Å². The van der Waals surface area contributed by atoms with Crippen LogP contribution in [0.4, 0.5) is 4.39 Å². The monoisotopic (exact) mass is 300 g/mol. The van der Waals surface area contributed by atoms with Crippen LogP contribution in [0.3, 0.4) is 0 Å². The normalized spacial score (nSPS) is 12.2. The van der Waals surface area contributed by atoms with Crippen LogP contribution < -0.4 is 9.47 Å². The molecule has 0 N–H and O–H groups in total. The van der Waals surface area contributed by atoms with Crippen molar-refractivity contribution in [1.29, 1.82) is 0 Å². The Balaban J connectivity index is 1.65. The predicted molar refractivity (Wildman–Crippen MR) is 76.9 cm³/mol. The van der Waals surface area contributed by atoms with Gasteiger partial charge in [-0.2, -0.15) is 0 Å². The molecular weight excluding hydrogens is 287 g/mol. The van der Waals surface area contributed by atoms with E-state index in [1.54, 1.807) is 24.3 Å². The molecule has 5 heteroatoms. The minimum atomic E-state index is -0.567. The molecule has 0 saturated heterocycles. The summed E-state index contributed by atoms with van der Waals surface area (Å²) in [4.78, 5) is 24.1. The fraction of sp³-hybridized carbons (Fsp3) is 0.176. The first-order valence-electron chi connectivity index (χ1n) is 6.86. The van der Waals surface area contributed by atoms with E-state index in [9.17, 15) is 14.0 Å². The topological polar surface area (TPSA) is 52.6 Å². The molecule has 1 heterocycles.